The molecule has 1 aromatic heterocycles. The third-order valence-electron chi connectivity index (χ3n) is 1.60. The SMILES string of the molecule is Cc1c(C(=O)[O-])ccn1C.[Li+]. The third-order valence-corrected chi connectivity index (χ3v) is 1.60. The minimum Gasteiger partial charge on any atom is -0.545 e. The van der Waals surface area contributed by atoms with Gasteiger partial charge in [-0.1, -0.05) is 0 Å². The van der Waals surface area contributed by atoms with Gasteiger partial charge in [0, 0.05) is 24.5 Å². The number of carbonyl (C=O) groups excluding carboxylic acids is 1. The number of carboxylic acid groups (broad SMARTS) is 1. The van der Waals surface area contributed by atoms with E-state index in [0.29, 0.717) is 0 Å². The minimum atomic E-state index is -1.11. The predicted molar refractivity (Wildman–Crippen MR) is 34.5 cm³/mol. The summed E-state index contributed by atoms with van der Waals surface area (Å²) in [5.41, 5.74) is 0.988. The average molecular weight is 145 g/mol. The van der Waals surface area contributed by atoms with Crippen molar-refractivity contribution in [3.05, 3.63) is 23.5 Å². The van der Waals surface area contributed by atoms with Crippen LogP contribution in [0.4, 0.5) is 0 Å². The fourth-order valence-corrected chi connectivity index (χ4v) is 0.824. The second-order valence-corrected chi connectivity index (χ2v) is 2.21. The summed E-state index contributed by atoms with van der Waals surface area (Å²) >= 11 is 0. The Balaban J connectivity index is 0.000001000. The van der Waals surface area contributed by atoms with Crippen LogP contribution in [0.15, 0.2) is 12.3 Å². The number of aromatic carboxylic acids is 1. The van der Waals surface area contributed by atoms with Gasteiger partial charge in [-0.2, -0.15) is 0 Å². The number of aryl methyl sites for hydroxylation is 1. The maximum atomic E-state index is 10.3. The first-order valence-electron chi connectivity index (χ1n) is 2.96. The van der Waals surface area contributed by atoms with Crippen LogP contribution in [0.1, 0.15) is 16.1 Å². The van der Waals surface area contributed by atoms with Crippen LogP contribution in [0, 0.1) is 6.92 Å². The topological polar surface area (TPSA) is 45.1 Å². The molecule has 11 heavy (non-hydrogen) atoms. The predicted octanol–water partition coefficient (Wildman–Crippen LogP) is -3.30. The molecule has 1 heterocycles. The van der Waals surface area contributed by atoms with Gasteiger partial charge >= 0.3 is 18.9 Å². The first-order chi connectivity index (χ1) is 4.63. The zero-order valence-electron chi connectivity index (χ0n) is 6.92. The van der Waals surface area contributed by atoms with Crippen LogP contribution in [-0.4, -0.2) is 10.5 Å². The van der Waals surface area contributed by atoms with Gasteiger partial charge in [0.15, 0.2) is 0 Å². The largest absolute Gasteiger partial charge is 1.00 e. The number of hydrogen-bond donors (Lipinski definition) is 0. The molecule has 4 heteroatoms. The van der Waals surface area contributed by atoms with Crippen LogP contribution in [0.2, 0.25) is 0 Å². The molecule has 0 amide bonds. The molecule has 1 rings (SSSR count). The molecule has 0 radical (unpaired) electrons. The Hall–Kier alpha value is -0.653. The summed E-state index contributed by atoms with van der Waals surface area (Å²) in [7, 11) is 1.79. The molecule has 0 N–H and O–H groups in total. The van der Waals surface area contributed by atoms with Crippen molar-refractivity contribution in [3.8, 4) is 0 Å². The van der Waals surface area contributed by atoms with E-state index >= 15 is 0 Å². The van der Waals surface area contributed by atoms with E-state index in [-0.39, 0.29) is 24.4 Å². The summed E-state index contributed by atoms with van der Waals surface area (Å²) in [6.07, 6.45) is 1.69. The normalized spacial score (nSPS) is 8.91. The number of carbonyl (C=O) groups is 1. The third kappa shape index (κ3) is 1.89. The van der Waals surface area contributed by atoms with Crippen molar-refractivity contribution in [2.24, 2.45) is 7.05 Å². The minimum absolute atomic E-state index is 0. The molecule has 0 aliphatic carbocycles. The molecular formula is C7H8LiNO2. The fourth-order valence-electron chi connectivity index (χ4n) is 0.824. The molecule has 0 bridgehead atoms. The molecule has 0 saturated heterocycles. The second-order valence-electron chi connectivity index (χ2n) is 2.21. The standard InChI is InChI=1S/C7H9NO2.Li/c1-5-6(7(9)10)3-4-8(5)2;/h3-4H,1-2H3,(H,9,10);/q;+1/p-1. The van der Waals surface area contributed by atoms with E-state index in [9.17, 15) is 9.90 Å². The summed E-state index contributed by atoms with van der Waals surface area (Å²) in [5, 5.41) is 10.3. The first-order valence-corrected chi connectivity index (χ1v) is 2.96. The van der Waals surface area contributed by atoms with Crippen LogP contribution >= 0.6 is 0 Å². The Labute approximate surface area is 77.2 Å². The van der Waals surface area contributed by atoms with Crippen LogP contribution in [-0.2, 0) is 7.05 Å². The summed E-state index contributed by atoms with van der Waals surface area (Å²) in [5.74, 6) is -1.11. The van der Waals surface area contributed by atoms with E-state index < -0.39 is 5.97 Å². The molecule has 0 saturated carbocycles. The molecule has 0 spiro atoms. The molecule has 0 atom stereocenters. The van der Waals surface area contributed by atoms with E-state index in [0.717, 1.165) is 5.69 Å². The van der Waals surface area contributed by atoms with Gasteiger partial charge < -0.3 is 14.5 Å². The Bertz CT molecular complexity index is 267. The Kier molecular flexibility index (Phi) is 3.44. The van der Waals surface area contributed by atoms with Crippen molar-refractivity contribution in [2.75, 3.05) is 0 Å². The van der Waals surface area contributed by atoms with Crippen molar-refractivity contribution < 1.29 is 28.8 Å². The molecule has 0 fully saturated rings. The summed E-state index contributed by atoms with van der Waals surface area (Å²) in [6.45, 7) is 1.74. The molecular weight excluding hydrogens is 137 g/mol. The number of nitrogens with zero attached hydrogens (tertiary/aromatic N) is 1. The van der Waals surface area contributed by atoms with Gasteiger partial charge in [-0.25, -0.2) is 0 Å². The van der Waals surface area contributed by atoms with Gasteiger partial charge in [0.2, 0.25) is 0 Å². The Morgan fingerprint density at radius 2 is 2.18 bits per heavy atom. The van der Waals surface area contributed by atoms with Crippen LogP contribution in [0.25, 0.3) is 0 Å². The monoisotopic (exact) mass is 145 g/mol. The van der Waals surface area contributed by atoms with Gasteiger partial charge in [-0.3, -0.25) is 0 Å². The maximum Gasteiger partial charge on any atom is 1.00 e. The van der Waals surface area contributed by atoms with Crippen molar-refractivity contribution in [2.45, 2.75) is 6.92 Å². The van der Waals surface area contributed by atoms with Gasteiger partial charge in [0.05, 0.1) is 5.97 Å². The number of hydrogen-bond acceptors (Lipinski definition) is 2. The number of aromatic nitrogens is 1. The van der Waals surface area contributed by atoms with Crippen molar-refractivity contribution in [1.29, 1.82) is 0 Å². The summed E-state index contributed by atoms with van der Waals surface area (Å²) in [4.78, 5) is 10.3. The van der Waals surface area contributed by atoms with Gasteiger partial charge in [0.25, 0.3) is 0 Å². The molecule has 0 aliphatic heterocycles. The summed E-state index contributed by atoms with van der Waals surface area (Å²) in [6, 6.07) is 1.53. The average Bonchev–Trinajstić information content (AvgIpc) is 2.14. The van der Waals surface area contributed by atoms with Crippen molar-refractivity contribution >= 4 is 5.97 Å². The maximum absolute atomic E-state index is 10.3. The van der Waals surface area contributed by atoms with E-state index in [1.807, 2.05) is 0 Å². The van der Waals surface area contributed by atoms with Gasteiger partial charge in [-0.15, -0.1) is 0 Å². The second kappa shape index (κ2) is 3.66. The molecule has 0 aromatic carbocycles. The van der Waals surface area contributed by atoms with Crippen molar-refractivity contribution in [1.82, 2.24) is 4.57 Å². The molecule has 0 unspecified atom stereocenters. The first kappa shape index (κ1) is 10.3. The van der Waals surface area contributed by atoms with E-state index in [1.165, 1.54) is 6.07 Å². The number of rotatable bonds is 1. The van der Waals surface area contributed by atoms with Crippen LogP contribution in [0.5, 0.6) is 0 Å². The molecule has 3 nitrogen and oxygen atoms in total. The Morgan fingerprint density at radius 3 is 2.36 bits per heavy atom. The molecule has 54 valence electrons. The van der Waals surface area contributed by atoms with E-state index in [4.69, 9.17) is 0 Å². The van der Waals surface area contributed by atoms with Gasteiger partial charge in [0.1, 0.15) is 0 Å². The zero-order valence-corrected chi connectivity index (χ0v) is 6.92. The van der Waals surface area contributed by atoms with Crippen LogP contribution < -0.4 is 24.0 Å². The van der Waals surface area contributed by atoms with E-state index in [1.54, 1.807) is 24.7 Å². The van der Waals surface area contributed by atoms with Crippen molar-refractivity contribution in [3.63, 3.8) is 0 Å². The van der Waals surface area contributed by atoms with Crippen LogP contribution in [0.3, 0.4) is 0 Å². The zero-order chi connectivity index (χ0) is 7.72. The van der Waals surface area contributed by atoms with E-state index in [2.05, 4.69) is 0 Å². The molecule has 0 aliphatic rings. The Morgan fingerprint density at radius 1 is 1.64 bits per heavy atom. The fraction of sp³-hybridized carbons (Fsp3) is 0.286. The quantitative estimate of drug-likeness (QED) is 0.388. The molecule has 1 aromatic rings. The van der Waals surface area contributed by atoms with Gasteiger partial charge in [-0.05, 0) is 13.0 Å². The smallest absolute Gasteiger partial charge is 0.545 e. The number of carboxylic acids is 1. The summed E-state index contributed by atoms with van der Waals surface area (Å²) < 4.78 is 1.74.